The molecule has 6 heteroatoms. The van der Waals surface area contributed by atoms with E-state index in [0.29, 0.717) is 18.8 Å². The van der Waals surface area contributed by atoms with E-state index in [1.54, 1.807) is 18.5 Å². The van der Waals surface area contributed by atoms with Crippen LogP contribution in [0.15, 0.2) is 18.2 Å². The van der Waals surface area contributed by atoms with Crippen molar-refractivity contribution in [1.29, 1.82) is 0 Å². The van der Waals surface area contributed by atoms with Gasteiger partial charge in [0.1, 0.15) is 0 Å². The first-order valence-corrected chi connectivity index (χ1v) is 6.11. The summed E-state index contributed by atoms with van der Waals surface area (Å²) >= 11 is 0. The molecule has 0 aliphatic carbocycles. The first-order chi connectivity index (χ1) is 9.11. The third-order valence-corrected chi connectivity index (χ3v) is 2.71. The molecule has 19 heavy (non-hydrogen) atoms. The van der Waals surface area contributed by atoms with Crippen LogP contribution in [0, 0.1) is 13.8 Å². The highest BCUT2D eigenvalue weighted by Crippen LogP contribution is 2.08. The number of nitrogens with zero attached hydrogens (tertiary/aromatic N) is 4. The molecule has 0 aliphatic heterocycles. The van der Waals surface area contributed by atoms with Crippen molar-refractivity contribution in [2.75, 3.05) is 6.61 Å². The lowest BCUT2D eigenvalue weighted by Gasteiger charge is -2.04. The summed E-state index contributed by atoms with van der Waals surface area (Å²) in [5, 5.41) is 7.83. The molecule has 0 atom stereocenters. The number of pyridine rings is 1. The average Bonchev–Trinajstić information content (AvgIpc) is 2.71. The minimum absolute atomic E-state index is 0.259. The number of hydrogen-bond acceptors (Lipinski definition) is 5. The Morgan fingerprint density at radius 3 is 2.84 bits per heavy atom. The van der Waals surface area contributed by atoms with E-state index in [-0.39, 0.29) is 5.69 Å². The summed E-state index contributed by atoms with van der Waals surface area (Å²) in [4.78, 5) is 16.0. The largest absolute Gasteiger partial charge is 0.461 e. The van der Waals surface area contributed by atoms with E-state index in [1.165, 1.54) is 0 Å². The maximum absolute atomic E-state index is 11.6. The smallest absolute Gasteiger partial charge is 0.360 e. The molecule has 2 aromatic rings. The van der Waals surface area contributed by atoms with E-state index >= 15 is 0 Å². The molecule has 0 aromatic carbocycles. The Morgan fingerprint density at radius 2 is 2.16 bits per heavy atom. The second-order valence-electron chi connectivity index (χ2n) is 4.17. The molecule has 2 heterocycles. The third kappa shape index (κ3) is 2.96. The number of aryl methyl sites for hydroxylation is 1. The summed E-state index contributed by atoms with van der Waals surface area (Å²) in [5.41, 5.74) is 2.76. The molecule has 0 saturated heterocycles. The Hall–Kier alpha value is -2.24. The lowest BCUT2D eigenvalue weighted by Crippen LogP contribution is -2.09. The molecular weight excluding hydrogens is 244 g/mol. The van der Waals surface area contributed by atoms with Crippen LogP contribution in [0.1, 0.15) is 34.5 Å². The standard InChI is InChI=1S/C13H16N4O2/c1-4-19-13(18)12-10(3)17(16-15-12)8-11-7-5-6-9(2)14-11/h5-7H,4,8H2,1-3H3. The quantitative estimate of drug-likeness (QED) is 0.779. The van der Waals surface area contributed by atoms with Gasteiger partial charge in [-0.3, -0.25) is 4.98 Å². The minimum Gasteiger partial charge on any atom is -0.461 e. The van der Waals surface area contributed by atoms with Gasteiger partial charge in [0, 0.05) is 5.69 Å². The van der Waals surface area contributed by atoms with Crippen molar-refractivity contribution in [2.45, 2.75) is 27.3 Å². The second kappa shape index (κ2) is 5.60. The number of ether oxygens (including phenoxy) is 1. The average molecular weight is 260 g/mol. The summed E-state index contributed by atoms with van der Waals surface area (Å²) in [7, 11) is 0. The molecule has 0 aliphatic rings. The molecule has 0 bridgehead atoms. The van der Waals surface area contributed by atoms with Gasteiger partial charge in [0.05, 0.1) is 24.5 Å². The van der Waals surface area contributed by atoms with Crippen LogP contribution in [0.4, 0.5) is 0 Å². The molecule has 0 saturated carbocycles. The third-order valence-electron chi connectivity index (χ3n) is 2.71. The molecule has 2 aromatic heterocycles. The van der Waals surface area contributed by atoms with Crippen LogP contribution >= 0.6 is 0 Å². The van der Waals surface area contributed by atoms with Gasteiger partial charge in [0.15, 0.2) is 5.69 Å². The zero-order valence-corrected chi connectivity index (χ0v) is 11.3. The molecule has 0 amide bonds. The molecule has 0 unspecified atom stereocenters. The maximum atomic E-state index is 11.6. The van der Waals surface area contributed by atoms with Crippen molar-refractivity contribution in [3.05, 3.63) is 41.0 Å². The lowest BCUT2D eigenvalue weighted by molar-refractivity contribution is 0.0518. The number of hydrogen-bond donors (Lipinski definition) is 0. The first-order valence-electron chi connectivity index (χ1n) is 6.11. The van der Waals surface area contributed by atoms with Crippen molar-refractivity contribution in [1.82, 2.24) is 20.0 Å². The second-order valence-corrected chi connectivity index (χ2v) is 4.17. The fraction of sp³-hybridized carbons (Fsp3) is 0.385. The predicted molar refractivity (Wildman–Crippen MR) is 68.8 cm³/mol. The van der Waals surface area contributed by atoms with Gasteiger partial charge < -0.3 is 4.74 Å². The molecule has 6 nitrogen and oxygen atoms in total. The number of aromatic nitrogens is 4. The fourth-order valence-electron chi connectivity index (χ4n) is 1.74. The Kier molecular flexibility index (Phi) is 3.89. The van der Waals surface area contributed by atoms with Crippen LogP contribution in [-0.2, 0) is 11.3 Å². The van der Waals surface area contributed by atoms with Crippen molar-refractivity contribution < 1.29 is 9.53 Å². The Labute approximate surface area is 111 Å². The Bertz CT molecular complexity index is 592. The summed E-state index contributed by atoms with van der Waals surface area (Å²) in [6, 6.07) is 5.79. The highest BCUT2D eigenvalue weighted by molar-refractivity contribution is 5.88. The van der Waals surface area contributed by atoms with E-state index < -0.39 is 5.97 Å². The minimum atomic E-state index is -0.441. The van der Waals surface area contributed by atoms with Crippen LogP contribution in [-0.4, -0.2) is 32.6 Å². The van der Waals surface area contributed by atoms with E-state index in [2.05, 4.69) is 15.3 Å². The van der Waals surface area contributed by atoms with Crippen molar-refractivity contribution in [2.24, 2.45) is 0 Å². The van der Waals surface area contributed by atoms with Crippen molar-refractivity contribution >= 4 is 5.97 Å². The maximum Gasteiger partial charge on any atom is 0.360 e. The number of carbonyl (C=O) groups excluding carboxylic acids is 1. The molecule has 2 rings (SSSR count). The van der Waals surface area contributed by atoms with E-state index in [4.69, 9.17) is 4.74 Å². The molecule has 0 fully saturated rings. The van der Waals surface area contributed by atoms with Gasteiger partial charge in [-0.1, -0.05) is 11.3 Å². The SMILES string of the molecule is CCOC(=O)c1nnn(Cc2cccc(C)n2)c1C. The van der Waals surface area contributed by atoms with Crippen molar-refractivity contribution in [3.8, 4) is 0 Å². The van der Waals surface area contributed by atoms with Crippen LogP contribution in [0.5, 0.6) is 0 Å². The number of carbonyl (C=O) groups is 1. The number of esters is 1. The number of rotatable bonds is 4. The molecule has 100 valence electrons. The van der Waals surface area contributed by atoms with Crippen molar-refractivity contribution in [3.63, 3.8) is 0 Å². The van der Waals surface area contributed by atoms with Crippen LogP contribution in [0.2, 0.25) is 0 Å². The van der Waals surface area contributed by atoms with E-state index in [9.17, 15) is 4.79 Å². The zero-order chi connectivity index (χ0) is 13.8. The van der Waals surface area contributed by atoms with E-state index in [0.717, 1.165) is 11.4 Å². The van der Waals surface area contributed by atoms with Crippen LogP contribution < -0.4 is 0 Å². The molecule has 0 N–H and O–H groups in total. The lowest BCUT2D eigenvalue weighted by atomic mass is 10.3. The Morgan fingerprint density at radius 1 is 1.37 bits per heavy atom. The van der Waals surface area contributed by atoms with Crippen LogP contribution in [0.3, 0.4) is 0 Å². The highest BCUT2D eigenvalue weighted by Gasteiger charge is 2.17. The van der Waals surface area contributed by atoms with Gasteiger partial charge in [0.2, 0.25) is 0 Å². The Balaban J connectivity index is 2.20. The van der Waals surface area contributed by atoms with E-state index in [1.807, 2.05) is 25.1 Å². The van der Waals surface area contributed by atoms with Gasteiger partial charge in [-0.2, -0.15) is 0 Å². The summed E-state index contributed by atoms with van der Waals surface area (Å²) < 4.78 is 6.57. The summed E-state index contributed by atoms with van der Waals surface area (Å²) in [6.45, 7) is 6.29. The van der Waals surface area contributed by atoms with Gasteiger partial charge in [-0.05, 0) is 32.9 Å². The zero-order valence-electron chi connectivity index (χ0n) is 11.3. The monoisotopic (exact) mass is 260 g/mol. The highest BCUT2D eigenvalue weighted by atomic mass is 16.5. The van der Waals surface area contributed by atoms with Crippen LogP contribution in [0.25, 0.3) is 0 Å². The normalized spacial score (nSPS) is 10.5. The van der Waals surface area contributed by atoms with Gasteiger partial charge in [-0.25, -0.2) is 9.48 Å². The molecule has 0 radical (unpaired) electrons. The molecule has 0 spiro atoms. The van der Waals surface area contributed by atoms with Gasteiger partial charge >= 0.3 is 5.97 Å². The summed E-state index contributed by atoms with van der Waals surface area (Å²) in [5.74, 6) is -0.441. The topological polar surface area (TPSA) is 69.9 Å². The fourth-order valence-corrected chi connectivity index (χ4v) is 1.74. The first kappa shape index (κ1) is 13.2. The molecular formula is C13H16N4O2. The summed E-state index contributed by atoms with van der Waals surface area (Å²) in [6.07, 6.45) is 0. The van der Waals surface area contributed by atoms with Gasteiger partial charge in [0.25, 0.3) is 0 Å². The van der Waals surface area contributed by atoms with Gasteiger partial charge in [-0.15, -0.1) is 5.10 Å². The predicted octanol–water partition coefficient (Wildman–Crippen LogP) is 1.51.